The molecule has 4 aromatic rings. The Bertz CT molecular complexity index is 1240. The zero-order valence-corrected chi connectivity index (χ0v) is 18.7. The van der Waals surface area contributed by atoms with Crippen molar-refractivity contribution < 1.29 is 18.0 Å². The van der Waals surface area contributed by atoms with Gasteiger partial charge in [-0.2, -0.15) is 36.4 Å². The molecule has 13 heteroatoms. The monoisotopic (exact) mass is 495 g/mol. The van der Waals surface area contributed by atoms with Gasteiger partial charge in [-0.1, -0.05) is 11.6 Å². The Hall–Kier alpha value is -3.38. The minimum absolute atomic E-state index is 0. The second-order valence-electron chi connectivity index (χ2n) is 6.80. The van der Waals surface area contributed by atoms with Crippen LogP contribution in [0.4, 0.5) is 13.2 Å². The van der Waals surface area contributed by atoms with Crippen LogP contribution >= 0.6 is 25.1 Å². The summed E-state index contributed by atoms with van der Waals surface area (Å²) in [5, 5.41) is 6.57. The van der Waals surface area contributed by atoms with Crippen LogP contribution in [-0.2, 0) is 6.18 Å². The third-order valence-electron chi connectivity index (χ3n) is 4.55. The number of aromatic nitrogens is 6. The van der Waals surface area contributed by atoms with Gasteiger partial charge in [-0.3, -0.25) is 4.79 Å². The molecule has 0 spiro atoms. The number of amides is 1. The van der Waals surface area contributed by atoms with Crippen LogP contribution in [0, 0.1) is 0 Å². The standard InChI is InChI=1S/C20H15ClF3N7O.H2S/c1-12(29-19(32)13-6-14(20(22,23)24)8-15(21)7-13)18-27-10-28-31(18)17-3-2-16(9-26-17)30-5-4-25-11-30;/h2-12H,1H3,(H,29,32);1H2/t12-;/m0./s1. The summed E-state index contributed by atoms with van der Waals surface area (Å²) in [6, 6.07) is 5.51. The predicted octanol–water partition coefficient (Wildman–Crippen LogP) is 4.12. The summed E-state index contributed by atoms with van der Waals surface area (Å²) in [6.45, 7) is 1.63. The van der Waals surface area contributed by atoms with E-state index in [1.54, 1.807) is 42.5 Å². The molecule has 0 fully saturated rings. The molecule has 0 saturated heterocycles. The van der Waals surface area contributed by atoms with E-state index < -0.39 is 23.7 Å². The fourth-order valence-electron chi connectivity index (χ4n) is 3.02. The number of hydrogen-bond donors (Lipinski definition) is 1. The van der Waals surface area contributed by atoms with E-state index in [9.17, 15) is 18.0 Å². The van der Waals surface area contributed by atoms with Crippen LogP contribution in [0.5, 0.6) is 0 Å². The van der Waals surface area contributed by atoms with Crippen molar-refractivity contribution in [2.45, 2.75) is 19.1 Å². The Morgan fingerprint density at radius 3 is 2.61 bits per heavy atom. The van der Waals surface area contributed by atoms with Gasteiger partial charge in [0.25, 0.3) is 5.91 Å². The molecule has 8 nitrogen and oxygen atoms in total. The quantitative estimate of drug-likeness (QED) is 0.449. The molecule has 0 radical (unpaired) electrons. The van der Waals surface area contributed by atoms with Gasteiger partial charge >= 0.3 is 6.18 Å². The molecule has 3 aromatic heterocycles. The maximum atomic E-state index is 13.0. The van der Waals surface area contributed by atoms with Crippen LogP contribution in [0.2, 0.25) is 5.02 Å². The number of carbonyl (C=O) groups is 1. The van der Waals surface area contributed by atoms with Crippen molar-refractivity contribution in [2.24, 2.45) is 0 Å². The topological polar surface area (TPSA) is 90.5 Å². The molecule has 0 aliphatic carbocycles. The highest BCUT2D eigenvalue weighted by Crippen LogP contribution is 2.32. The van der Waals surface area contributed by atoms with Gasteiger partial charge in [0.05, 0.1) is 29.8 Å². The first kappa shape index (κ1) is 24.3. The van der Waals surface area contributed by atoms with Crippen molar-refractivity contribution in [1.29, 1.82) is 0 Å². The Balaban J connectivity index is 0.00000306. The van der Waals surface area contributed by atoms with Crippen LogP contribution in [0.1, 0.15) is 34.7 Å². The van der Waals surface area contributed by atoms with Crippen LogP contribution in [0.25, 0.3) is 11.5 Å². The number of rotatable bonds is 5. The molecule has 33 heavy (non-hydrogen) atoms. The number of benzene rings is 1. The normalized spacial score (nSPS) is 12.2. The number of alkyl halides is 3. The first-order chi connectivity index (χ1) is 15.2. The Morgan fingerprint density at radius 2 is 1.97 bits per heavy atom. The molecule has 1 atom stereocenters. The predicted molar refractivity (Wildman–Crippen MR) is 119 cm³/mol. The number of carbonyl (C=O) groups excluding carboxylic acids is 1. The molecule has 0 unspecified atom stereocenters. The van der Waals surface area contributed by atoms with E-state index in [0.717, 1.165) is 17.8 Å². The lowest BCUT2D eigenvalue weighted by molar-refractivity contribution is -0.137. The molecule has 172 valence electrons. The van der Waals surface area contributed by atoms with Crippen LogP contribution in [0.15, 0.2) is 61.6 Å². The third-order valence-corrected chi connectivity index (χ3v) is 4.77. The largest absolute Gasteiger partial charge is 0.416 e. The molecule has 0 saturated carbocycles. The minimum Gasteiger partial charge on any atom is -0.342 e. The summed E-state index contributed by atoms with van der Waals surface area (Å²) in [4.78, 5) is 25.1. The van der Waals surface area contributed by atoms with E-state index in [2.05, 4.69) is 25.4 Å². The Morgan fingerprint density at radius 1 is 1.18 bits per heavy atom. The molecule has 0 aliphatic rings. The van der Waals surface area contributed by atoms with Gasteiger partial charge in [-0.15, -0.1) is 0 Å². The summed E-state index contributed by atoms with van der Waals surface area (Å²) in [5.74, 6) is 0.0624. The first-order valence-corrected chi connectivity index (χ1v) is 9.63. The first-order valence-electron chi connectivity index (χ1n) is 9.25. The van der Waals surface area contributed by atoms with Gasteiger partial charge < -0.3 is 9.88 Å². The van der Waals surface area contributed by atoms with E-state index in [1.165, 1.54) is 17.1 Å². The Kier molecular flexibility index (Phi) is 7.08. The van der Waals surface area contributed by atoms with E-state index in [-0.39, 0.29) is 24.1 Å². The summed E-state index contributed by atoms with van der Waals surface area (Å²) in [7, 11) is 0. The van der Waals surface area contributed by atoms with Gasteiger partial charge in [0.15, 0.2) is 11.6 Å². The van der Waals surface area contributed by atoms with Crippen molar-refractivity contribution >= 4 is 31.0 Å². The maximum absolute atomic E-state index is 13.0. The van der Waals surface area contributed by atoms with Crippen molar-refractivity contribution in [1.82, 2.24) is 34.6 Å². The van der Waals surface area contributed by atoms with Gasteiger partial charge in [-0.05, 0) is 37.3 Å². The fourth-order valence-corrected chi connectivity index (χ4v) is 3.25. The van der Waals surface area contributed by atoms with Crippen LogP contribution in [0.3, 0.4) is 0 Å². The van der Waals surface area contributed by atoms with E-state index in [4.69, 9.17) is 11.6 Å². The van der Waals surface area contributed by atoms with Crippen molar-refractivity contribution in [2.75, 3.05) is 0 Å². The molecule has 1 N–H and O–H groups in total. The molecule has 3 heterocycles. The molecule has 0 bridgehead atoms. The van der Waals surface area contributed by atoms with E-state index >= 15 is 0 Å². The van der Waals surface area contributed by atoms with Crippen LogP contribution in [-0.4, -0.2) is 35.2 Å². The van der Waals surface area contributed by atoms with E-state index in [0.29, 0.717) is 11.6 Å². The average Bonchev–Trinajstić information content (AvgIpc) is 3.45. The van der Waals surface area contributed by atoms with Crippen molar-refractivity contribution in [3.05, 3.63) is 83.6 Å². The highest BCUT2D eigenvalue weighted by molar-refractivity contribution is 7.59. The molecule has 1 aromatic carbocycles. The van der Waals surface area contributed by atoms with Crippen molar-refractivity contribution in [3.8, 4) is 11.5 Å². The summed E-state index contributed by atoms with van der Waals surface area (Å²) >= 11 is 5.77. The molecule has 1 amide bonds. The second kappa shape index (κ2) is 9.63. The summed E-state index contributed by atoms with van der Waals surface area (Å²) in [6.07, 6.45) is 3.34. The van der Waals surface area contributed by atoms with E-state index in [1.807, 2.05) is 6.07 Å². The number of nitrogens with one attached hydrogen (secondary N) is 1. The second-order valence-corrected chi connectivity index (χ2v) is 7.23. The third kappa shape index (κ3) is 5.34. The number of halogens is 4. The number of imidazole rings is 1. The zero-order valence-electron chi connectivity index (χ0n) is 17.0. The lowest BCUT2D eigenvalue weighted by atomic mass is 10.1. The Labute approximate surface area is 197 Å². The van der Waals surface area contributed by atoms with Gasteiger partial charge in [0.1, 0.15) is 6.33 Å². The van der Waals surface area contributed by atoms with Crippen LogP contribution < -0.4 is 5.32 Å². The SMILES string of the molecule is C[C@H](NC(=O)c1cc(Cl)cc(C(F)(F)F)c1)c1ncnn1-c1ccc(-n2ccnc2)cn1.S. The van der Waals surface area contributed by atoms with Crippen molar-refractivity contribution in [3.63, 3.8) is 0 Å². The zero-order chi connectivity index (χ0) is 22.9. The highest BCUT2D eigenvalue weighted by atomic mass is 35.5. The van der Waals surface area contributed by atoms with Gasteiger partial charge in [0.2, 0.25) is 0 Å². The minimum atomic E-state index is -4.62. The van der Waals surface area contributed by atoms with Gasteiger partial charge in [0, 0.05) is 23.0 Å². The summed E-state index contributed by atoms with van der Waals surface area (Å²) in [5.41, 5.74) is -0.436. The molecule has 0 aliphatic heterocycles. The number of pyridine rings is 1. The molecular formula is C20H17ClF3N7OS. The lowest BCUT2D eigenvalue weighted by Gasteiger charge is -2.15. The number of hydrogen-bond acceptors (Lipinski definition) is 5. The summed E-state index contributed by atoms with van der Waals surface area (Å²) < 4.78 is 42.3. The highest BCUT2D eigenvalue weighted by Gasteiger charge is 2.32. The lowest BCUT2D eigenvalue weighted by Crippen LogP contribution is -2.29. The van der Waals surface area contributed by atoms with Gasteiger partial charge in [-0.25, -0.2) is 15.0 Å². The maximum Gasteiger partial charge on any atom is 0.416 e. The average molecular weight is 496 g/mol. The molecule has 4 rings (SSSR count). The molecular weight excluding hydrogens is 479 g/mol. The fraction of sp³-hybridized carbons (Fsp3) is 0.150. The smallest absolute Gasteiger partial charge is 0.342 e. The number of nitrogens with zero attached hydrogens (tertiary/aromatic N) is 6.